The molecule has 1 aliphatic rings. The first-order chi connectivity index (χ1) is 14.2. The number of phenols is 1. The largest absolute Gasteiger partial charge is 0.508 e. The minimum Gasteiger partial charge on any atom is -0.508 e. The maximum atomic E-state index is 12.7. The van der Waals surface area contributed by atoms with Crippen molar-refractivity contribution in [1.29, 1.82) is 0 Å². The van der Waals surface area contributed by atoms with Crippen molar-refractivity contribution in [1.82, 2.24) is 10.5 Å². The smallest absolute Gasteiger partial charge is 0.280 e. The zero-order valence-electron chi connectivity index (χ0n) is 17.7. The number of carbonyl (C=O) groups is 1. The van der Waals surface area contributed by atoms with E-state index in [2.05, 4.69) is 10.5 Å². The predicted molar refractivity (Wildman–Crippen MR) is 121 cm³/mol. The van der Waals surface area contributed by atoms with E-state index in [0.29, 0.717) is 23.7 Å². The van der Waals surface area contributed by atoms with Gasteiger partial charge >= 0.3 is 0 Å². The second-order valence-electron chi connectivity index (χ2n) is 8.12. The minimum atomic E-state index is -0.678. The fraction of sp³-hybridized carbons (Fsp3) is 0.364. The van der Waals surface area contributed by atoms with E-state index in [-0.39, 0.29) is 17.1 Å². The predicted octanol–water partition coefficient (Wildman–Crippen LogP) is 3.83. The van der Waals surface area contributed by atoms with Crippen LogP contribution in [0.1, 0.15) is 45.2 Å². The molecule has 0 fully saturated rings. The van der Waals surface area contributed by atoms with Crippen molar-refractivity contribution in [3.8, 4) is 11.5 Å². The van der Waals surface area contributed by atoms with Crippen LogP contribution < -0.4 is 15.9 Å². The second kappa shape index (κ2) is 8.87. The van der Waals surface area contributed by atoms with Crippen LogP contribution in [0.15, 0.2) is 47.6 Å². The Bertz CT molecular complexity index is 938. The van der Waals surface area contributed by atoms with E-state index in [0.717, 1.165) is 16.2 Å². The van der Waals surface area contributed by atoms with Crippen molar-refractivity contribution in [2.45, 2.75) is 45.6 Å². The molecule has 0 saturated carbocycles. The molecule has 160 valence electrons. The molecule has 30 heavy (non-hydrogen) atoms. The molecule has 1 atom stereocenters. The summed E-state index contributed by atoms with van der Waals surface area (Å²) in [5.74, 6) is 0.994. The highest BCUT2D eigenvalue weighted by molar-refractivity contribution is 8.14. The molecular weight excluding hydrogens is 400 g/mol. The van der Waals surface area contributed by atoms with Crippen molar-refractivity contribution in [3.63, 3.8) is 0 Å². The number of nitrogen functional groups attached to an aromatic ring is 1. The maximum Gasteiger partial charge on any atom is 0.280 e. The number of nitrogens with two attached hydrogens (primary N) is 1. The van der Waals surface area contributed by atoms with Crippen LogP contribution in [0.2, 0.25) is 0 Å². The molecular formula is C22H28N4O3S. The third-order valence-electron chi connectivity index (χ3n) is 4.65. The average Bonchev–Trinajstić information content (AvgIpc) is 3.15. The van der Waals surface area contributed by atoms with Gasteiger partial charge in [-0.25, -0.2) is 5.43 Å². The molecule has 0 aliphatic carbocycles. The molecule has 2 aromatic carbocycles. The SMILES string of the molecule is CCC(Oc1ccc(O)c(C(C)(C)C)c1)C(=O)NN1CSC(c2ccc(N)cc2)=N1. The first kappa shape index (κ1) is 21.8. The fourth-order valence-electron chi connectivity index (χ4n) is 2.99. The number of anilines is 1. The molecule has 2 aromatic rings. The van der Waals surface area contributed by atoms with Gasteiger partial charge in [0.1, 0.15) is 22.4 Å². The number of nitrogens with zero attached hydrogens (tertiary/aromatic N) is 2. The molecule has 7 nitrogen and oxygen atoms in total. The summed E-state index contributed by atoms with van der Waals surface area (Å²) in [6.45, 7) is 7.92. The number of hydrogen-bond donors (Lipinski definition) is 3. The number of nitrogens with one attached hydrogen (secondary N) is 1. The Morgan fingerprint density at radius 3 is 2.63 bits per heavy atom. The Balaban J connectivity index is 1.66. The molecule has 0 aromatic heterocycles. The van der Waals surface area contributed by atoms with Crippen molar-refractivity contribution in [2.75, 3.05) is 11.6 Å². The Labute approximate surface area is 181 Å². The first-order valence-electron chi connectivity index (χ1n) is 9.83. The summed E-state index contributed by atoms with van der Waals surface area (Å²) < 4.78 is 5.93. The van der Waals surface area contributed by atoms with Gasteiger partial charge in [-0.3, -0.25) is 4.79 Å². The molecule has 1 unspecified atom stereocenters. The van der Waals surface area contributed by atoms with Crippen LogP contribution in [0.5, 0.6) is 11.5 Å². The standard InChI is InChI=1S/C22H28N4O3S/c1-5-19(29-16-10-11-18(27)17(12-16)22(2,3)4)20(28)24-26-13-30-21(25-26)14-6-8-15(23)9-7-14/h6-12,19,27H,5,13,23H2,1-4H3,(H,24,28). The lowest BCUT2D eigenvalue weighted by atomic mass is 9.86. The highest BCUT2D eigenvalue weighted by Gasteiger charge is 2.25. The summed E-state index contributed by atoms with van der Waals surface area (Å²) in [7, 11) is 0. The third kappa shape index (κ3) is 5.18. The van der Waals surface area contributed by atoms with E-state index in [1.54, 1.807) is 18.2 Å². The average molecular weight is 429 g/mol. The zero-order valence-corrected chi connectivity index (χ0v) is 18.5. The number of carbonyl (C=O) groups excluding carboxylic acids is 1. The van der Waals surface area contributed by atoms with E-state index in [9.17, 15) is 9.90 Å². The van der Waals surface area contributed by atoms with Gasteiger partial charge in [-0.1, -0.05) is 51.6 Å². The topological polar surface area (TPSA) is 100 Å². The van der Waals surface area contributed by atoms with E-state index in [1.165, 1.54) is 16.9 Å². The Hall–Kier alpha value is -2.87. The van der Waals surface area contributed by atoms with Gasteiger partial charge in [0.05, 0.1) is 0 Å². The number of hydrogen-bond acceptors (Lipinski definition) is 7. The normalized spacial score (nSPS) is 14.9. The van der Waals surface area contributed by atoms with Crippen molar-refractivity contribution < 1.29 is 14.6 Å². The molecule has 3 rings (SSSR count). The Kier molecular flexibility index (Phi) is 6.45. The summed E-state index contributed by atoms with van der Waals surface area (Å²) in [5, 5.41) is 16.9. The number of rotatable bonds is 6. The van der Waals surface area contributed by atoms with Crippen LogP contribution in [0.3, 0.4) is 0 Å². The van der Waals surface area contributed by atoms with Crippen molar-refractivity contribution in [3.05, 3.63) is 53.6 Å². The van der Waals surface area contributed by atoms with E-state index in [1.807, 2.05) is 52.0 Å². The number of hydrazone groups is 1. The van der Waals surface area contributed by atoms with Crippen LogP contribution in [0.4, 0.5) is 5.69 Å². The number of hydrazine groups is 1. The Morgan fingerprint density at radius 2 is 2.00 bits per heavy atom. The number of phenolic OH excluding ortho intramolecular Hbond substituents is 1. The lowest BCUT2D eigenvalue weighted by molar-refractivity contribution is -0.132. The number of amides is 1. The number of ether oxygens (including phenoxy) is 1. The van der Waals surface area contributed by atoms with E-state index >= 15 is 0 Å². The van der Waals surface area contributed by atoms with Crippen molar-refractivity contribution >= 4 is 28.4 Å². The third-order valence-corrected chi connectivity index (χ3v) is 5.61. The molecule has 0 spiro atoms. The van der Waals surface area contributed by atoms with E-state index < -0.39 is 6.10 Å². The quantitative estimate of drug-likeness (QED) is 0.605. The zero-order chi connectivity index (χ0) is 21.9. The summed E-state index contributed by atoms with van der Waals surface area (Å²) in [6.07, 6.45) is -0.185. The number of aromatic hydroxyl groups is 1. The van der Waals surface area contributed by atoms with E-state index in [4.69, 9.17) is 10.5 Å². The highest BCUT2D eigenvalue weighted by Crippen LogP contribution is 2.34. The fourth-order valence-corrected chi connectivity index (χ4v) is 3.81. The minimum absolute atomic E-state index is 0.214. The number of benzene rings is 2. The molecule has 8 heteroatoms. The van der Waals surface area contributed by atoms with Gasteiger partial charge in [-0.15, -0.1) is 5.10 Å². The van der Waals surface area contributed by atoms with Gasteiger partial charge in [0.2, 0.25) is 0 Å². The molecule has 1 amide bonds. The van der Waals surface area contributed by atoms with Crippen LogP contribution in [0.25, 0.3) is 0 Å². The van der Waals surface area contributed by atoms with Gasteiger partial charge < -0.3 is 15.6 Å². The summed E-state index contributed by atoms with van der Waals surface area (Å²) in [6, 6.07) is 12.5. The summed E-state index contributed by atoms with van der Waals surface area (Å²) in [5.41, 5.74) is 10.7. The van der Waals surface area contributed by atoms with Gasteiger partial charge in [0, 0.05) is 16.8 Å². The molecule has 1 aliphatic heterocycles. The van der Waals surface area contributed by atoms with Crippen LogP contribution >= 0.6 is 11.8 Å². The lowest BCUT2D eigenvalue weighted by Crippen LogP contribution is -2.45. The molecule has 1 heterocycles. The lowest BCUT2D eigenvalue weighted by Gasteiger charge is -2.23. The Morgan fingerprint density at radius 1 is 1.30 bits per heavy atom. The second-order valence-corrected chi connectivity index (χ2v) is 9.05. The monoisotopic (exact) mass is 428 g/mol. The molecule has 0 bridgehead atoms. The van der Waals surface area contributed by atoms with Gasteiger partial charge in [-0.2, -0.15) is 5.12 Å². The van der Waals surface area contributed by atoms with Crippen LogP contribution in [-0.4, -0.2) is 33.2 Å². The molecule has 0 radical (unpaired) electrons. The molecule has 0 saturated heterocycles. The maximum absolute atomic E-state index is 12.7. The molecule has 4 N–H and O–H groups in total. The number of thioether (sulfide) groups is 1. The van der Waals surface area contributed by atoms with Gasteiger partial charge in [0.15, 0.2) is 6.10 Å². The summed E-state index contributed by atoms with van der Waals surface area (Å²) in [4.78, 5) is 12.7. The van der Waals surface area contributed by atoms with Crippen LogP contribution in [0, 0.1) is 0 Å². The highest BCUT2D eigenvalue weighted by atomic mass is 32.2. The first-order valence-corrected chi connectivity index (χ1v) is 10.8. The van der Waals surface area contributed by atoms with Gasteiger partial charge in [0.25, 0.3) is 5.91 Å². The summed E-state index contributed by atoms with van der Waals surface area (Å²) >= 11 is 1.53. The van der Waals surface area contributed by atoms with Gasteiger partial charge in [-0.05, 0) is 42.2 Å². The van der Waals surface area contributed by atoms with Crippen molar-refractivity contribution in [2.24, 2.45) is 5.10 Å². The van der Waals surface area contributed by atoms with Crippen LogP contribution in [-0.2, 0) is 10.2 Å².